The van der Waals surface area contributed by atoms with Crippen molar-refractivity contribution in [1.82, 2.24) is 8.80 Å². The van der Waals surface area contributed by atoms with Crippen LogP contribution in [-0.4, -0.2) is 8.80 Å². The lowest BCUT2D eigenvalue weighted by molar-refractivity contribution is 1.21. The summed E-state index contributed by atoms with van der Waals surface area (Å²) in [7, 11) is 0. The van der Waals surface area contributed by atoms with Crippen molar-refractivity contribution in [2.75, 3.05) is 0 Å². The fourth-order valence-electron chi connectivity index (χ4n) is 4.95. The summed E-state index contributed by atoms with van der Waals surface area (Å²) >= 11 is 11.8. The Hall–Kier alpha value is -2.04. The van der Waals surface area contributed by atoms with Crippen molar-refractivity contribution in [3.05, 3.63) is 64.7 Å². The molecular formula is C22H6Br2N2O2S3. The molecule has 0 aliphatic heterocycles. The molecule has 9 heteroatoms. The van der Waals surface area contributed by atoms with Gasteiger partial charge in [-0.1, -0.05) is 6.07 Å². The highest BCUT2D eigenvalue weighted by atomic mass is 79.9. The Labute approximate surface area is 200 Å². The number of rotatable bonds is 0. The molecule has 0 fully saturated rings. The maximum Gasteiger partial charge on any atom is 0.273 e. The summed E-state index contributed by atoms with van der Waals surface area (Å²) in [4.78, 5) is 27.2. The van der Waals surface area contributed by atoms with Crippen LogP contribution in [0.2, 0.25) is 0 Å². The van der Waals surface area contributed by atoms with Crippen LogP contribution in [0, 0.1) is 0 Å². The zero-order valence-corrected chi connectivity index (χ0v) is 20.8. The van der Waals surface area contributed by atoms with Gasteiger partial charge in [0.1, 0.15) is 4.70 Å². The minimum Gasteiger partial charge on any atom is -0.274 e. The van der Waals surface area contributed by atoms with E-state index in [4.69, 9.17) is 0 Å². The molecule has 7 heterocycles. The SMILES string of the molecule is O=c1c2sc3c4c(ccc(c24)c2cc4sc(Br)cc4n12)c(=O)n1c2cc(Br)sc2cc31. The van der Waals surface area contributed by atoms with Gasteiger partial charge in [-0.2, -0.15) is 0 Å². The van der Waals surface area contributed by atoms with Gasteiger partial charge in [0.15, 0.2) is 0 Å². The maximum absolute atomic E-state index is 13.7. The van der Waals surface area contributed by atoms with Crippen molar-refractivity contribution in [1.29, 1.82) is 0 Å². The molecule has 0 bridgehead atoms. The summed E-state index contributed by atoms with van der Waals surface area (Å²) in [6.07, 6.45) is 0. The van der Waals surface area contributed by atoms with Crippen LogP contribution in [0.15, 0.2) is 53.6 Å². The van der Waals surface area contributed by atoms with Crippen LogP contribution in [0.5, 0.6) is 0 Å². The van der Waals surface area contributed by atoms with Gasteiger partial charge in [-0.05, 0) is 62.2 Å². The highest BCUT2D eigenvalue weighted by Crippen LogP contribution is 2.44. The van der Waals surface area contributed by atoms with Gasteiger partial charge in [-0.3, -0.25) is 18.4 Å². The fraction of sp³-hybridized carbons (Fsp3) is 0. The van der Waals surface area contributed by atoms with Crippen molar-refractivity contribution in [3.8, 4) is 0 Å². The summed E-state index contributed by atoms with van der Waals surface area (Å²) in [6, 6.07) is 12.1. The van der Waals surface area contributed by atoms with E-state index in [9.17, 15) is 9.59 Å². The predicted octanol–water partition coefficient (Wildman–Crippen LogP) is 7.26. The summed E-state index contributed by atoms with van der Waals surface area (Å²) < 4.78 is 9.47. The summed E-state index contributed by atoms with van der Waals surface area (Å²) in [6.45, 7) is 0. The fourth-order valence-corrected chi connectivity index (χ4v) is 9.31. The zero-order chi connectivity index (χ0) is 20.8. The molecule has 0 radical (unpaired) electrons. The molecule has 0 unspecified atom stereocenters. The first-order valence-electron chi connectivity index (χ1n) is 9.32. The van der Waals surface area contributed by atoms with E-state index in [2.05, 4.69) is 44.0 Å². The molecule has 4 nitrogen and oxygen atoms in total. The average Bonchev–Trinajstić information content (AvgIpc) is 3.49. The predicted molar refractivity (Wildman–Crippen MR) is 140 cm³/mol. The lowest BCUT2D eigenvalue weighted by atomic mass is 10.0. The third kappa shape index (κ3) is 1.92. The first-order chi connectivity index (χ1) is 15.0. The molecule has 0 saturated heterocycles. The number of benzene rings is 1. The second-order valence-corrected chi connectivity index (χ2v) is 13.6. The van der Waals surface area contributed by atoms with Gasteiger partial charge in [0.05, 0.1) is 43.7 Å². The number of aromatic nitrogens is 2. The van der Waals surface area contributed by atoms with E-state index in [1.54, 1.807) is 27.1 Å². The molecule has 8 rings (SSSR count). The molecule has 0 aliphatic carbocycles. The van der Waals surface area contributed by atoms with Crippen molar-refractivity contribution >= 4 is 128 Å². The van der Waals surface area contributed by atoms with Gasteiger partial charge < -0.3 is 0 Å². The third-order valence-electron chi connectivity index (χ3n) is 6.12. The monoisotopic (exact) mass is 584 g/mol. The lowest BCUT2D eigenvalue weighted by Gasteiger charge is -2.06. The highest BCUT2D eigenvalue weighted by molar-refractivity contribution is 9.11. The quantitative estimate of drug-likeness (QED) is 0.176. The van der Waals surface area contributed by atoms with Crippen molar-refractivity contribution in [3.63, 3.8) is 0 Å². The number of pyridine rings is 2. The number of fused-ring (bicyclic) bond motifs is 8. The van der Waals surface area contributed by atoms with Gasteiger partial charge in [-0.25, -0.2) is 0 Å². The average molecular weight is 586 g/mol. The van der Waals surface area contributed by atoms with E-state index < -0.39 is 0 Å². The van der Waals surface area contributed by atoms with Gasteiger partial charge >= 0.3 is 0 Å². The van der Waals surface area contributed by atoms with E-state index in [1.165, 1.54) is 11.3 Å². The normalized spacial score (nSPS) is 13.1. The first-order valence-corrected chi connectivity index (χ1v) is 13.4. The molecule has 7 aromatic heterocycles. The van der Waals surface area contributed by atoms with Crippen LogP contribution in [0.25, 0.3) is 62.4 Å². The molecule has 31 heavy (non-hydrogen) atoms. The van der Waals surface area contributed by atoms with Crippen molar-refractivity contribution < 1.29 is 0 Å². The Kier molecular flexibility index (Phi) is 3.09. The Balaban J connectivity index is 1.72. The maximum atomic E-state index is 13.7. The van der Waals surface area contributed by atoms with Crippen molar-refractivity contribution in [2.24, 2.45) is 0 Å². The van der Waals surface area contributed by atoms with E-state index in [1.807, 2.05) is 28.7 Å². The van der Waals surface area contributed by atoms with Crippen LogP contribution in [0.4, 0.5) is 0 Å². The molecule has 8 aromatic rings. The van der Waals surface area contributed by atoms with E-state index >= 15 is 0 Å². The number of hydrogen-bond donors (Lipinski definition) is 0. The number of thiophene rings is 3. The number of halogens is 2. The van der Waals surface area contributed by atoms with Crippen LogP contribution < -0.4 is 11.1 Å². The Morgan fingerprint density at radius 1 is 0.613 bits per heavy atom. The van der Waals surface area contributed by atoms with E-state index in [-0.39, 0.29) is 11.1 Å². The zero-order valence-electron chi connectivity index (χ0n) is 15.2. The second kappa shape index (κ2) is 5.47. The summed E-state index contributed by atoms with van der Waals surface area (Å²) in [5.41, 5.74) is 3.57. The third-order valence-corrected chi connectivity index (χ3v) is 10.5. The Bertz CT molecular complexity index is 2180. The highest BCUT2D eigenvalue weighted by Gasteiger charge is 2.24. The molecular weight excluding hydrogens is 580 g/mol. The smallest absolute Gasteiger partial charge is 0.273 e. The largest absolute Gasteiger partial charge is 0.274 e. The molecule has 0 spiro atoms. The molecule has 0 atom stereocenters. The van der Waals surface area contributed by atoms with Gasteiger partial charge in [0.2, 0.25) is 0 Å². The first kappa shape index (κ1) is 17.5. The van der Waals surface area contributed by atoms with Crippen LogP contribution in [0.1, 0.15) is 0 Å². The van der Waals surface area contributed by atoms with Crippen molar-refractivity contribution in [2.45, 2.75) is 0 Å². The molecule has 0 saturated carbocycles. The Morgan fingerprint density at radius 3 is 1.90 bits per heavy atom. The molecule has 148 valence electrons. The van der Waals surface area contributed by atoms with Crippen LogP contribution in [0.3, 0.4) is 0 Å². The summed E-state index contributed by atoms with van der Waals surface area (Å²) in [5, 5.41) is 3.53. The second-order valence-electron chi connectivity index (χ2n) is 7.61. The minimum atomic E-state index is -0.0305. The van der Waals surface area contributed by atoms with Gasteiger partial charge in [-0.15, -0.1) is 34.0 Å². The standard InChI is InChI=1S/C22H6Br2N2O2S3/c23-15-5-10-13(29-15)3-9-7-1-2-8-18-17(7)20(22(28)25(9)10)31-19(18)12-4-14-11(6-16(24)30-14)26(12)21(8)27/h1-6H. The summed E-state index contributed by atoms with van der Waals surface area (Å²) in [5.74, 6) is 0. The number of nitrogens with zero attached hydrogens (tertiary/aromatic N) is 2. The number of hydrogen-bond acceptors (Lipinski definition) is 5. The van der Waals surface area contributed by atoms with Gasteiger partial charge in [0, 0.05) is 21.5 Å². The van der Waals surface area contributed by atoms with E-state index in [0.717, 1.165) is 59.9 Å². The van der Waals surface area contributed by atoms with E-state index in [0.29, 0.717) is 10.1 Å². The molecule has 0 aliphatic rings. The molecule has 0 amide bonds. The Morgan fingerprint density at radius 2 is 1.19 bits per heavy atom. The minimum absolute atomic E-state index is 0.0155. The van der Waals surface area contributed by atoms with Gasteiger partial charge in [0.25, 0.3) is 11.1 Å². The molecule has 0 N–H and O–H groups in total. The molecule has 1 aromatic carbocycles. The topological polar surface area (TPSA) is 43.0 Å². The van der Waals surface area contributed by atoms with Crippen LogP contribution in [-0.2, 0) is 0 Å². The lowest BCUT2D eigenvalue weighted by Crippen LogP contribution is -2.13. The van der Waals surface area contributed by atoms with Crippen LogP contribution >= 0.6 is 65.9 Å².